The summed E-state index contributed by atoms with van der Waals surface area (Å²) in [5.41, 5.74) is -0.759. The van der Waals surface area contributed by atoms with E-state index in [-0.39, 0.29) is 25.0 Å². The fourth-order valence-electron chi connectivity index (χ4n) is 5.14. The first-order valence-corrected chi connectivity index (χ1v) is 14.5. The fraction of sp³-hybridized carbons (Fsp3) is 0.759. The van der Waals surface area contributed by atoms with Crippen LogP contribution in [0.25, 0.3) is 0 Å². The summed E-state index contributed by atoms with van der Waals surface area (Å²) in [5.74, 6) is -2.53. The van der Waals surface area contributed by atoms with E-state index < -0.39 is 53.3 Å². The van der Waals surface area contributed by atoms with Crippen molar-refractivity contribution in [2.75, 3.05) is 26.3 Å². The fourth-order valence-corrected chi connectivity index (χ4v) is 5.14. The van der Waals surface area contributed by atoms with Crippen LogP contribution in [0.5, 0.6) is 0 Å². The van der Waals surface area contributed by atoms with E-state index in [1.54, 1.807) is 20.8 Å². The van der Waals surface area contributed by atoms with Crippen molar-refractivity contribution in [3.05, 3.63) is 12.7 Å². The number of ketones is 1. The Hall–Kier alpha value is -2.95. The highest BCUT2D eigenvalue weighted by atomic mass is 16.6. The van der Waals surface area contributed by atoms with Gasteiger partial charge in [0.2, 0.25) is 17.6 Å². The molecule has 2 rings (SSSR count). The van der Waals surface area contributed by atoms with Gasteiger partial charge in [0.1, 0.15) is 17.7 Å². The third kappa shape index (κ3) is 10.2. The van der Waals surface area contributed by atoms with Crippen LogP contribution in [0.4, 0.5) is 4.79 Å². The molecule has 4 amide bonds. The Kier molecular flexibility index (Phi) is 13.1. The van der Waals surface area contributed by atoms with Crippen LogP contribution in [-0.4, -0.2) is 84.5 Å². The SMILES string of the molecule is C=CCNC(=O)C(=O)[C@@H]1CCCCCCCOC[C@H](NC(=O)OC(C)(C)C)C(=O)N2CC[C@H](C(C)C)[C@H]2C(=O)N1. The van der Waals surface area contributed by atoms with Gasteiger partial charge in [0.15, 0.2) is 0 Å². The lowest BCUT2D eigenvalue weighted by atomic mass is 9.87. The standard InChI is InChI=1S/C29H48N4O7/c1-7-15-30-26(36)24(34)21-13-11-9-8-10-12-17-39-18-22(32-28(38)40-29(4,5)6)27(37)33-16-14-20(19(2)3)23(33)25(35)31-21/h7,19-23H,1,8-18H2,2-6H3,(H,30,36)(H,31,35)(H,32,38)/t20-,21+,22+,23+/m1/s1. The first kappa shape index (κ1) is 33.3. The van der Waals surface area contributed by atoms with Crippen molar-refractivity contribution in [1.29, 1.82) is 0 Å². The quantitative estimate of drug-likeness (QED) is 0.332. The molecule has 0 aromatic heterocycles. The number of fused-ring (bicyclic) bond motifs is 1. The van der Waals surface area contributed by atoms with Crippen LogP contribution in [0.3, 0.4) is 0 Å². The Morgan fingerprint density at radius 1 is 1.12 bits per heavy atom. The van der Waals surface area contributed by atoms with E-state index in [1.165, 1.54) is 11.0 Å². The molecule has 0 spiro atoms. The largest absolute Gasteiger partial charge is 0.444 e. The third-order valence-electron chi connectivity index (χ3n) is 7.17. The Labute approximate surface area is 238 Å². The number of ether oxygens (including phenoxy) is 2. The number of alkyl carbamates (subject to hydrolysis) is 1. The van der Waals surface area contributed by atoms with Crippen LogP contribution in [-0.2, 0) is 28.7 Å². The Morgan fingerprint density at radius 3 is 2.45 bits per heavy atom. The minimum Gasteiger partial charge on any atom is -0.444 e. The van der Waals surface area contributed by atoms with Crippen molar-refractivity contribution in [2.45, 2.75) is 103 Å². The van der Waals surface area contributed by atoms with Crippen LogP contribution < -0.4 is 16.0 Å². The maximum atomic E-state index is 13.8. The molecule has 11 heteroatoms. The van der Waals surface area contributed by atoms with E-state index in [1.807, 2.05) is 13.8 Å². The topological polar surface area (TPSA) is 143 Å². The van der Waals surface area contributed by atoms with Crippen molar-refractivity contribution in [3.8, 4) is 0 Å². The summed E-state index contributed by atoms with van der Waals surface area (Å²) in [6, 6.07) is -2.92. The average molecular weight is 565 g/mol. The number of carbonyl (C=O) groups is 5. The highest BCUT2D eigenvalue weighted by Crippen LogP contribution is 2.31. The van der Waals surface area contributed by atoms with Gasteiger partial charge in [-0.25, -0.2) is 4.79 Å². The van der Waals surface area contributed by atoms with E-state index in [9.17, 15) is 24.0 Å². The second-order valence-corrected chi connectivity index (χ2v) is 11.9. The average Bonchev–Trinajstić information content (AvgIpc) is 3.32. The van der Waals surface area contributed by atoms with Gasteiger partial charge in [0, 0.05) is 19.7 Å². The Balaban J connectivity index is 2.36. The number of amides is 4. The molecule has 0 aliphatic carbocycles. The molecule has 2 fully saturated rings. The molecule has 2 aliphatic heterocycles. The van der Waals surface area contributed by atoms with Gasteiger partial charge in [-0.2, -0.15) is 0 Å². The number of nitrogens with zero attached hydrogens (tertiary/aromatic N) is 1. The zero-order chi connectivity index (χ0) is 29.9. The predicted octanol–water partition coefficient (Wildman–Crippen LogP) is 2.48. The van der Waals surface area contributed by atoms with Crippen LogP contribution in [0, 0.1) is 11.8 Å². The van der Waals surface area contributed by atoms with E-state index in [4.69, 9.17) is 9.47 Å². The summed E-state index contributed by atoms with van der Waals surface area (Å²) in [5, 5.41) is 7.94. The van der Waals surface area contributed by atoms with Gasteiger partial charge in [-0.3, -0.25) is 19.2 Å². The Morgan fingerprint density at radius 2 is 1.80 bits per heavy atom. The molecule has 0 bridgehead atoms. The molecule has 4 atom stereocenters. The smallest absolute Gasteiger partial charge is 0.408 e. The van der Waals surface area contributed by atoms with E-state index in [0.29, 0.717) is 32.4 Å². The molecule has 2 saturated heterocycles. The zero-order valence-electron chi connectivity index (χ0n) is 24.8. The van der Waals surface area contributed by atoms with E-state index in [0.717, 1.165) is 25.7 Å². The van der Waals surface area contributed by atoms with Crippen LogP contribution >= 0.6 is 0 Å². The molecule has 2 aliphatic rings. The molecular formula is C29H48N4O7. The number of hydrogen-bond acceptors (Lipinski definition) is 7. The van der Waals surface area contributed by atoms with E-state index >= 15 is 0 Å². The Bertz CT molecular complexity index is 915. The van der Waals surface area contributed by atoms with E-state index in [2.05, 4.69) is 22.5 Å². The van der Waals surface area contributed by atoms with Crippen LogP contribution in [0.2, 0.25) is 0 Å². The summed E-state index contributed by atoms with van der Waals surface area (Å²) in [6.45, 7) is 13.5. The lowest BCUT2D eigenvalue weighted by molar-refractivity contribution is -0.144. The minimum atomic E-state index is -1.05. The monoisotopic (exact) mass is 564 g/mol. The second kappa shape index (κ2) is 15.7. The second-order valence-electron chi connectivity index (χ2n) is 11.9. The molecule has 0 radical (unpaired) electrons. The lowest BCUT2D eigenvalue weighted by Gasteiger charge is -2.33. The summed E-state index contributed by atoms with van der Waals surface area (Å²) >= 11 is 0. The van der Waals surface area contributed by atoms with Crippen molar-refractivity contribution in [2.24, 2.45) is 11.8 Å². The zero-order valence-corrected chi connectivity index (χ0v) is 24.8. The first-order chi connectivity index (χ1) is 18.9. The van der Waals surface area contributed by atoms with Gasteiger partial charge in [0.25, 0.3) is 5.91 Å². The molecular weight excluding hydrogens is 516 g/mol. The highest BCUT2D eigenvalue weighted by Gasteiger charge is 2.46. The molecule has 3 N–H and O–H groups in total. The normalized spacial score (nSPS) is 25.5. The predicted molar refractivity (Wildman–Crippen MR) is 150 cm³/mol. The number of nitrogens with one attached hydrogen (secondary N) is 3. The maximum absolute atomic E-state index is 13.8. The number of carbonyl (C=O) groups excluding carboxylic acids is 5. The molecule has 0 unspecified atom stereocenters. The summed E-state index contributed by atoms with van der Waals surface area (Å²) in [4.78, 5) is 67.2. The van der Waals surface area contributed by atoms with Gasteiger partial charge in [-0.05, 0) is 51.9 Å². The van der Waals surface area contributed by atoms with Gasteiger partial charge >= 0.3 is 6.09 Å². The first-order valence-electron chi connectivity index (χ1n) is 14.5. The van der Waals surface area contributed by atoms with Crippen LogP contribution in [0.1, 0.15) is 79.6 Å². The molecule has 0 saturated carbocycles. The summed E-state index contributed by atoms with van der Waals surface area (Å²) in [6.07, 6.45) is 5.67. The van der Waals surface area contributed by atoms with Crippen molar-refractivity contribution < 1.29 is 33.4 Å². The minimum absolute atomic E-state index is 0.0557. The third-order valence-corrected chi connectivity index (χ3v) is 7.17. The van der Waals surface area contributed by atoms with Gasteiger partial charge < -0.3 is 30.3 Å². The van der Waals surface area contributed by atoms with Gasteiger partial charge in [0.05, 0.1) is 12.6 Å². The van der Waals surface area contributed by atoms with Gasteiger partial charge in [-0.1, -0.05) is 45.6 Å². The molecule has 0 aromatic rings. The molecule has 11 nitrogen and oxygen atoms in total. The maximum Gasteiger partial charge on any atom is 0.408 e. The molecule has 40 heavy (non-hydrogen) atoms. The van der Waals surface area contributed by atoms with Gasteiger partial charge in [-0.15, -0.1) is 6.58 Å². The summed E-state index contributed by atoms with van der Waals surface area (Å²) in [7, 11) is 0. The number of hydrogen-bond donors (Lipinski definition) is 3. The molecule has 226 valence electrons. The highest BCUT2D eigenvalue weighted by molar-refractivity contribution is 6.38. The number of rotatable bonds is 6. The summed E-state index contributed by atoms with van der Waals surface area (Å²) < 4.78 is 11.2. The molecule has 0 aromatic carbocycles. The lowest BCUT2D eigenvalue weighted by Crippen LogP contribution is -2.59. The van der Waals surface area contributed by atoms with Crippen molar-refractivity contribution >= 4 is 29.6 Å². The van der Waals surface area contributed by atoms with Crippen LogP contribution in [0.15, 0.2) is 12.7 Å². The number of Topliss-reactive ketones (excluding diaryl/α,β-unsaturated/α-hetero) is 1. The van der Waals surface area contributed by atoms with Crippen molar-refractivity contribution in [3.63, 3.8) is 0 Å². The van der Waals surface area contributed by atoms with Crippen molar-refractivity contribution in [1.82, 2.24) is 20.9 Å². The molecule has 2 heterocycles.